The van der Waals surface area contributed by atoms with E-state index < -0.39 is 0 Å². The van der Waals surface area contributed by atoms with Crippen LogP contribution in [0, 0.1) is 0 Å². The molecule has 0 atom stereocenters. The zero-order valence-electron chi connectivity index (χ0n) is 14.3. The molecule has 3 nitrogen and oxygen atoms in total. The number of pyridine rings is 1. The third kappa shape index (κ3) is 3.85. The maximum atomic E-state index is 5.76. The summed E-state index contributed by atoms with van der Waals surface area (Å²) in [4.78, 5) is 4.74. The van der Waals surface area contributed by atoms with Crippen LogP contribution in [0.25, 0.3) is 22.2 Å². The Kier molecular flexibility index (Phi) is 5.32. The van der Waals surface area contributed by atoms with Crippen LogP contribution in [0.2, 0.25) is 0 Å². The van der Waals surface area contributed by atoms with Crippen LogP contribution >= 0.6 is 0 Å². The fourth-order valence-corrected chi connectivity index (χ4v) is 2.66. The third-order valence-corrected chi connectivity index (χ3v) is 4.06. The average Bonchev–Trinajstić information content (AvgIpc) is 2.65. The standard InChI is InChI=1S/C21H23NO2/c1-3-4-5-14-24-18-9-6-16(7-10-18)20-12-8-17-15-19(23-2)11-13-21(17)22-20/h6-13,15H,3-5,14H2,1-2H3. The fourth-order valence-electron chi connectivity index (χ4n) is 2.66. The van der Waals surface area contributed by atoms with Gasteiger partial charge in [0.25, 0.3) is 0 Å². The van der Waals surface area contributed by atoms with Crippen LogP contribution in [0.1, 0.15) is 26.2 Å². The van der Waals surface area contributed by atoms with Gasteiger partial charge in [-0.3, -0.25) is 0 Å². The second-order valence-electron chi connectivity index (χ2n) is 5.84. The number of rotatable bonds is 7. The number of ether oxygens (including phenoxy) is 2. The molecular formula is C21H23NO2. The van der Waals surface area contributed by atoms with Crippen molar-refractivity contribution < 1.29 is 9.47 Å². The van der Waals surface area contributed by atoms with Gasteiger partial charge in [-0.05, 0) is 55.0 Å². The van der Waals surface area contributed by atoms with Gasteiger partial charge in [0.05, 0.1) is 24.9 Å². The summed E-state index contributed by atoms with van der Waals surface area (Å²) in [6.07, 6.45) is 3.53. The van der Waals surface area contributed by atoms with Gasteiger partial charge in [-0.2, -0.15) is 0 Å². The Bertz CT molecular complexity index is 797. The SMILES string of the molecule is CCCCCOc1ccc(-c2ccc3cc(OC)ccc3n2)cc1. The van der Waals surface area contributed by atoms with E-state index in [9.17, 15) is 0 Å². The first kappa shape index (κ1) is 16.3. The molecule has 0 unspecified atom stereocenters. The molecule has 1 aromatic heterocycles. The van der Waals surface area contributed by atoms with Crippen LogP contribution in [0.5, 0.6) is 11.5 Å². The first-order valence-electron chi connectivity index (χ1n) is 8.48. The van der Waals surface area contributed by atoms with Gasteiger partial charge in [0.1, 0.15) is 11.5 Å². The lowest BCUT2D eigenvalue weighted by Gasteiger charge is -2.08. The van der Waals surface area contributed by atoms with Crippen LogP contribution in [-0.2, 0) is 0 Å². The highest BCUT2D eigenvalue weighted by Crippen LogP contribution is 2.25. The van der Waals surface area contributed by atoms with Crippen LogP contribution in [0.4, 0.5) is 0 Å². The van der Waals surface area contributed by atoms with Gasteiger partial charge in [-0.15, -0.1) is 0 Å². The van der Waals surface area contributed by atoms with Gasteiger partial charge in [0.2, 0.25) is 0 Å². The Hall–Kier alpha value is -2.55. The summed E-state index contributed by atoms with van der Waals surface area (Å²) in [7, 11) is 1.68. The van der Waals surface area contributed by atoms with Crippen molar-refractivity contribution in [1.82, 2.24) is 4.98 Å². The van der Waals surface area contributed by atoms with Crippen LogP contribution < -0.4 is 9.47 Å². The largest absolute Gasteiger partial charge is 0.497 e. The van der Waals surface area contributed by atoms with Gasteiger partial charge >= 0.3 is 0 Å². The topological polar surface area (TPSA) is 31.4 Å². The van der Waals surface area contributed by atoms with Crippen molar-refractivity contribution in [3.8, 4) is 22.8 Å². The monoisotopic (exact) mass is 321 g/mol. The second kappa shape index (κ2) is 7.82. The minimum absolute atomic E-state index is 0.781. The van der Waals surface area contributed by atoms with Crippen molar-refractivity contribution in [2.75, 3.05) is 13.7 Å². The van der Waals surface area contributed by atoms with Crippen molar-refractivity contribution in [2.24, 2.45) is 0 Å². The molecule has 2 aromatic carbocycles. The Morgan fingerprint density at radius 1 is 0.875 bits per heavy atom. The second-order valence-corrected chi connectivity index (χ2v) is 5.84. The predicted octanol–water partition coefficient (Wildman–Crippen LogP) is 5.48. The molecule has 0 aliphatic heterocycles. The molecular weight excluding hydrogens is 298 g/mol. The van der Waals surface area contributed by atoms with E-state index in [0.29, 0.717) is 0 Å². The minimum Gasteiger partial charge on any atom is -0.497 e. The first-order chi connectivity index (χ1) is 11.8. The number of methoxy groups -OCH3 is 1. The van der Waals surface area contributed by atoms with Gasteiger partial charge < -0.3 is 9.47 Å². The summed E-state index contributed by atoms with van der Waals surface area (Å²) >= 11 is 0. The van der Waals surface area contributed by atoms with E-state index in [1.807, 2.05) is 36.4 Å². The molecule has 24 heavy (non-hydrogen) atoms. The molecule has 0 radical (unpaired) electrons. The Morgan fingerprint density at radius 2 is 1.67 bits per heavy atom. The molecule has 1 heterocycles. The molecule has 0 spiro atoms. The van der Waals surface area contributed by atoms with Crippen molar-refractivity contribution in [3.05, 3.63) is 54.6 Å². The minimum atomic E-state index is 0.781. The van der Waals surface area contributed by atoms with E-state index in [4.69, 9.17) is 14.5 Å². The molecule has 0 bridgehead atoms. The quantitative estimate of drug-likeness (QED) is 0.540. The molecule has 0 amide bonds. The molecule has 3 rings (SSSR count). The third-order valence-electron chi connectivity index (χ3n) is 4.06. The molecule has 3 aromatic rings. The van der Waals surface area contributed by atoms with Crippen molar-refractivity contribution in [1.29, 1.82) is 0 Å². The molecule has 124 valence electrons. The van der Waals surface area contributed by atoms with Crippen LogP contribution in [0.3, 0.4) is 0 Å². The highest BCUT2D eigenvalue weighted by Gasteiger charge is 2.03. The van der Waals surface area contributed by atoms with Gasteiger partial charge in [-0.1, -0.05) is 25.8 Å². The number of fused-ring (bicyclic) bond motifs is 1. The molecule has 3 heteroatoms. The number of hydrogen-bond donors (Lipinski definition) is 0. The molecule has 0 aliphatic rings. The zero-order valence-corrected chi connectivity index (χ0v) is 14.3. The zero-order chi connectivity index (χ0) is 16.8. The summed E-state index contributed by atoms with van der Waals surface area (Å²) < 4.78 is 11.0. The fraction of sp³-hybridized carbons (Fsp3) is 0.286. The lowest BCUT2D eigenvalue weighted by atomic mass is 10.1. The smallest absolute Gasteiger partial charge is 0.119 e. The van der Waals surface area contributed by atoms with E-state index in [1.165, 1.54) is 12.8 Å². The molecule has 0 saturated carbocycles. The van der Waals surface area contributed by atoms with Crippen molar-refractivity contribution in [3.63, 3.8) is 0 Å². The summed E-state index contributed by atoms with van der Waals surface area (Å²) in [6, 6.07) is 18.2. The number of unbranched alkanes of at least 4 members (excludes halogenated alkanes) is 2. The number of benzene rings is 2. The van der Waals surface area contributed by atoms with E-state index >= 15 is 0 Å². The highest BCUT2D eigenvalue weighted by atomic mass is 16.5. The molecule has 0 fully saturated rings. The average molecular weight is 321 g/mol. The van der Waals surface area contributed by atoms with Gasteiger partial charge in [0.15, 0.2) is 0 Å². The summed E-state index contributed by atoms with van der Waals surface area (Å²) in [5, 5.41) is 1.08. The lowest BCUT2D eigenvalue weighted by Crippen LogP contribution is -1.96. The summed E-state index contributed by atoms with van der Waals surface area (Å²) in [5.74, 6) is 1.77. The lowest BCUT2D eigenvalue weighted by molar-refractivity contribution is 0.306. The van der Waals surface area contributed by atoms with E-state index in [0.717, 1.165) is 46.7 Å². The van der Waals surface area contributed by atoms with E-state index in [-0.39, 0.29) is 0 Å². The predicted molar refractivity (Wildman–Crippen MR) is 98.8 cm³/mol. The summed E-state index contributed by atoms with van der Waals surface area (Å²) in [6.45, 7) is 2.98. The van der Waals surface area contributed by atoms with Crippen LogP contribution in [0.15, 0.2) is 54.6 Å². The van der Waals surface area contributed by atoms with E-state index in [2.05, 4.69) is 25.1 Å². The maximum Gasteiger partial charge on any atom is 0.119 e. The highest BCUT2D eigenvalue weighted by molar-refractivity contribution is 5.82. The Balaban J connectivity index is 1.75. The van der Waals surface area contributed by atoms with Crippen molar-refractivity contribution >= 4 is 10.9 Å². The number of hydrogen-bond acceptors (Lipinski definition) is 3. The Morgan fingerprint density at radius 3 is 2.42 bits per heavy atom. The summed E-state index contributed by atoms with van der Waals surface area (Å²) in [5.41, 5.74) is 3.02. The van der Waals surface area contributed by atoms with Gasteiger partial charge in [-0.25, -0.2) is 4.98 Å². The van der Waals surface area contributed by atoms with Crippen molar-refractivity contribution in [2.45, 2.75) is 26.2 Å². The maximum absolute atomic E-state index is 5.76. The normalized spacial score (nSPS) is 10.8. The molecule has 0 N–H and O–H groups in total. The number of aromatic nitrogens is 1. The number of nitrogens with zero attached hydrogens (tertiary/aromatic N) is 1. The first-order valence-corrected chi connectivity index (χ1v) is 8.48. The van der Waals surface area contributed by atoms with E-state index in [1.54, 1.807) is 7.11 Å². The Labute approximate surface area is 143 Å². The molecule has 0 aliphatic carbocycles. The van der Waals surface area contributed by atoms with Crippen LogP contribution in [-0.4, -0.2) is 18.7 Å². The van der Waals surface area contributed by atoms with Gasteiger partial charge in [0, 0.05) is 10.9 Å². The molecule has 0 saturated heterocycles.